The summed E-state index contributed by atoms with van der Waals surface area (Å²) in [5.74, 6) is -1.17. The van der Waals surface area contributed by atoms with Crippen LogP contribution >= 0.6 is 0 Å². The van der Waals surface area contributed by atoms with Crippen molar-refractivity contribution in [1.29, 1.82) is 0 Å². The molecule has 0 saturated carbocycles. The van der Waals surface area contributed by atoms with Crippen molar-refractivity contribution in [3.8, 4) is 0 Å². The molecule has 1 aromatic rings. The lowest BCUT2D eigenvalue weighted by atomic mass is 10.1. The Bertz CT molecular complexity index is 539. The lowest BCUT2D eigenvalue weighted by Gasteiger charge is -2.16. The molecular weight excluding hydrogens is 258 g/mol. The zero-order valence-corrected chi connectivity index (χ0v) is 11.3. The smallest absolute Gasteiger partial charge is 0.251 e. The van der Waals surface area contributed by atoms with E-state index in [1.807, 2.05) is 6.92 Å². The Balaban J connectivity index is 2.12. The number of primary amides is 1. The minimum absolute atomic E-state index is 0.125. The number of benzene rings is 1. The van der Waals surface area contributed by atoms with Crippen LogP contribution in [0.2, 0.25) is 0 Å². The highest BCUT2D eigenvalue weighted by Gasteiger charge is 2.33. The van der Waals surface area contributed by atoms with Gasteiger partial charge in [-0.1, -0.05) is 0 Å². The van der Waals surface area contributed by atoms with Gasteiger partial charge in [-0.25, -0.2) is 0 Å². The summed E-state index contributed by atoms with van der Waals surface area (Å²) in [6.45, 7) is 2.71. The Morgan fingerprint density at radius 1 is 1.35 bits per heavy atom. The maximum atomic E-state index is 11.8. The number of hydrogen-bond acceptors (Lipinski definition) is 3. The van der Waals surface area contributed by atoms with Crippen molar-refractivity contribution in [2.24, 2.45) is 11.7 Å². The fraction of sp³-hybridized carbons (Fsp3) is 0.357. The quantitative estimate of drug-likeness (QED) is 0.826. The number of amides is 3. The average molecular weight is 275 g/mol. The Labute approximate surface area is 116 Å². The van der Waals surface area contributed by atoms with E-state index in [-0.39, 0.29) is 18.2 Å². The van der Waals surface area contributed by atoms with Crippen LogP contribution in [0.1, 0.15) is 23.7 Å². The normalized spacial score (nSPS) is 18.1. The molecule has 0 aromatic heterocycles. The van der Waals surface area contributed by atoms with Crippen LogP contribution in [0.25, 0.3) is 0 Å². The molecule has 2 rings (SSSR count). The first-order valence-corrected chi connectivity index (χ1v) is 6.51. The van der Waals surface area contributed by atoms with Crippen LogP contribution in [0, 0.1) is 5.92 Å². The van der Waals surface area contributed by atoms with E-state index in [0.717, 1.165) is 0 Å². The Morgan fingerprint density at radius 2 is 2.00 bits per heavy atom. The Hall–Kier alpha value is -2.37. The molecule has 1 atom stereocenters. The standard InChI is InChI=1S/C14H17N3O3/c1-2-16-14(20)9-3-5-11(6-4-9)17-8-10(13(15)19)7-12(17)18/h3-6,10H,2,7-8H2,1H3,(H2,15,19)(H,16,20). The molecule has 1 heterocycles. The minimum Gasteiger partial charge on any atom is -0.369 e. The first-order chi connectivity index (χ1) is 9.52. The van der Waals surface area contributed by atoms with E-state index >= 15 is 0 Å². The van der Waals surface area contributed by atoms with Gasteiger partial charge in [0.05, 0.1) is 5.92 Å². The second-order valence-electron chi connectivity index (χ2n) is 4.71. The molecule has 20 heavy (non-hydrogen) atoms. The molecule has 6 heteroatoms. The molecule has 106 valence electrons. The molecule has 1 saturated heterocycles. The molecule has 1 aliphatic heterocycles. The predicted molar refractivity (Wildman–Crippen MR) is 74.1 cm³/mol. The van der Waals surface area contributed by atoms with Gasteiger partial charge in [-0.05, 0) is 31.2 Å². The summed E-state index contributed by atoms with van der Waals surface area (Å²) in [5, 5.41) is 2.70. The van der Waals surface area contributed by atoms with Crippen LogP contribution in [0.4, 0.5) is 5.69 Å². The van der Waals surface area contributed by atoms with Crippen molar-refractivity contribution in [1.82, 2.24) is 5.32 Å². The van der Waals surface area contributed by atoms with Gasteiger partial charge in [0.1, 0.15) is 0 Å². The van der Waals surface area contributed by atoms with Gasteiger partial charge in [-0.15, -0.1) is 0 Å². The van der Waals surface area contributed by atoms with Crippen molar-refractivity contribution < 1.29 is 14.4 Å². The van der Waals surface area contributed by atoms with Crippen molar-refractivity contribution in [2.45, 2.75) is 13.3 Å². The summed E-state index contributed by atoms with van der Waals surface area (Å²) in [5.41, 5.74) is 6.44. The van der Waals surface area contributed by atoms with E-state index in [2.05, 4.69) is 5.32 Å². The summed E-state index contributed by atoms with van der Waals surface area (Å²) >= 11 is 0. The topological polar surface area (TPSA) is 92.5 Å². The SMILES string of the molecule is CCNC(=O)c1ccc(N2CC(C(N)=O)CC2=O)cc1. The number of nitrogens with two attached hydrogens (primary N) is 1. The third-order valence-corrected chi connectivity index (χ3v) is 3.31. The summed E-state index contributed by atoms with van der Waals surface area (Å²) in [4.78, 5) is 36.1. The van der Waals surface area contributed by atoms with Gasteiger partial charge in [-0.3, -0.25) is 14.4 Å². The highest BCUT2D eigenvalue weighted by atomic mass is 16.2. The summed E-state index contributed by atoms with van der Waals surface area (Å²) in [7, 11) is 0. The largest absolute Gasteiger partial charge is 0.369 e. The van der Waals surface area contributed by atoms with E-state index < -0.39 is 11.8 Å². The summed E-state index contributed by atoms with van der Waals surface area (Å²) < 4.78 is 0. The summed E-state index contributed by atoms with van der Waals surface area (Å²) in [6.07, 6.45) is 0.146. The van der Waals surface area contributed by atoms with Crippen LogP contribution in [-0.2, 0) is 9.59 Å². The molecule has 3 amide bonds. The van der Waals surface area contributed by atoms with Crippen molar-refractivity contribution in [3.63, 3.8) is 0 Å². The maximum Gasteiger partial charge on any atom is 0.251 e. The van der Waals surface area contributed by atoms with Crippen LogP contribution < -0.4 is 16.0 Å². The van der Waals surface area contributed by atoms with E-state index in [0.29, 0.717) is 24.3 Å². The van der Waals surface area contributed by atoms with Crippen molar-refractivity contribution in [2.75, 3.05) is 18.0 Å². The number of nitrogens with one attached hydrogen (secondary N) is 1. The molecule has 0 bridgehead atoms. The lowest BCUT2D eigenvalue weighted by Crippen LogP contribution is -2.28. The number of nitrogens with zero attached hydrogens (tertiary/aromatic N) is 1. The highest BCUT2D eigenvalue weighted by molar-refractivity contribution is 6.00. The van der Waals surface area contributed by atoms with E-state index in [1.54, 1.807) is 24.3 Å². The third kappa shape index (κ3) is 2.79. The van der Waals surface area contributed by atoms with Gasteiger partial charge >= 0.3 is 0 Å². The molecule has 0 spiro atoms. The van der Waals surface area contributed by atoms with Gasteiger partial charge in [0.25, 0.3) is 5.91 Å². The number of rotatable bonds is 4. The molecule has 1 unspecified atom stereocenters. The lowest BCUT2D eigenvalue weighted by molar-refractivity contribution is -0.123. The van der Waals surface area contributed by atoms with Crippen molar-refractivity contribution in [3.05, 3.63) is 29.8 Å². The number of hydrogen-bond donors (Lipinski definition) is 2. The van der Waals surface area contributed by atoms with Crippen LogP contribution in [0.3, 0.4) is 0 Å². The number of carbonyl (C=O) groups is 3. The second kappa shape index (κ2) is 5.73. The van der Waals surface area contributed by atoms with Gasteiger partial charge in [-0.2, -0.15) is 0 Å². The molecule has 3 N–H and O–H groups in total. The molecule has 1 aliphatic rings. The van der Waals surface area contributed by atoms with Gasteiger partial charge in [0, 0.05) is 30.8 Å². The average Bonchev–Trinajstić information content (AvgIpc) is 2.81. The van der Waals surface area contributed by atoms with E-state index in [4.69, 9.17) is 5.73 Å². The summed E-state index contributed by atoms with van der Waals surface area (Å²) in [6, 6.07) is 6.72. The first-order valence-electron chi connectivity index (χ1n) is 6.51. The van der Waals surface area contributed by atoms with Gasteiger partial charge in [0.2, 0.25) is 11.8 Å². The Morgan fingerprint density at radius 3 is 2.50 bits per heavy atom. The van der Waals surface area contributed by atoms with Crippen LogP contribution in [0.5, 0.6) is 0 Å². The second-order valence-corrected chi connectivity index (χ2v) is 4.71. The number of anilines is 1. The Kier molecular flexibility index (Phi) is 4.02. The predicted octanol–water partition coefficient (Wildman–Crippen LogP) is 0.274. The molecular formula is C14H17N3O3. The minimum atomic E-state index is -0.459. The van der Waals surface area contributed by atoms with Gasteiger partial charge in [0.15, 0.2) is 0 Å². The monoisotopic (exact) mass is 275 g/mol. The molecule has 6 nitrogen and oxygen atoms in total. The zero-order valence-electron chi connectivity index (χ0n) is 11.3. The van der Waals surface area contributed by atoms with Crippen LogP contribution in [0.15, 0.2) is 24.3 Å². The molecule has 0 aliphatic carbocycles. The zero-order chi connectivity index (χ0) is 14.7. The fourth-order valence-corrected chi connectivity index (χ4v) is 2.20. The van der Waals surface area contributed by atoms with E-state index in [1.165, 1.54) is 4.90 Å². The van der Waals surface area contributed by atoms with Crippen LogP contribution in [-0.4, -0.2) is 30.8 Å². The highest BCUT2D eigenvalue weighted by Crippen LogP contribution is 2.25. The molecule has 1 aromatic carbocycles. The van der Waals surface area contributed by atoms with Gasteiger partial charge < -0.3 is 16.0 Å². The van der Waals surface area contributed by atoms with Crippen molar-refractivity contribution >= 4 is 23.4 Å². The first kappa shape index (κ1) is 14.0. The molecule has 1 fully saturated rings. The third-order valence-electron chi connectivity index (χ3n) is 3.31. The van der Waals surface area contributed by atoms with E-state index in [9.17, 15) is 14.4 Å². The molecule has 0 radical (unpaired) electrons. The maximum absolute atomic E-state index is 11.8. The number of carbonyl (C=O) groups excluding carboxylic acids is 3. The fourth-order valence-electron chi connectivity index (χ4n) is 2.20.